The number of aromatic nitrogens is 1. The fraction of sp³-hybridized carbons (Fsp3) is 0.684. The number of piperidine rings is 1. The van der Waals surface area contributed by atoms with E-state index in [0.717, 1.165) is 51.0 Å². The van der Waals surface area contributed by atoms with E-state index in [-0.39, 0.29) is 11.6 Å². The highest BCUT2D eigenvalue weighted by Crippen LogP contribution is 2.36. The van der Waals surface area contributed by atoms with E-state index in [4.69, 9.17) is 4.74 Å². The van der Waals surface area contributed by atoms with Gasteiger partial charge in [-0.1, -0.05) is 18.9 Å². The first-order valence-corrected chi connectivity index (χ1v) is 9.59. The lowest BCUT2D eigenvalue weighted by atomic mass is 9.87. The molecule has 2 amide bonds. The Bertz CT molecular complexity index is 580. The van der Waals surface area contributed by atoms with Crippen molar-refractivity contribution < 1.29 is 9.53 Å². The molecule has 0 bridgehead atoms. The van der Waals surface area contributed by atoms with Crippen molar-refractivity contribution in [1.29, 1.82) is 0 Å². The van der Waals surface area contributed by atoms with Crippen molar-refractivity contribution in [2.45, 2.75) is 62.6 Å². The van der Waals surface area contributed by atoms with E-state index in [0.29, 0.717) is 18.7 Å². The average Bonchev–Trinajstić information content (AvgIpc) is 3.27. The van der Waals surface area contributed by atoms with Gasteiger partial charge in [0.1, 0.15) is 5.82 Å². The van der Waals surface area contributed by atoms with Gasteiger partial charge in [-0.2, -0.15) is 0 Å². The Morgan fingerprint density at radius 1 is 1.20 bits per heavy atom. The standard InChI is InChI=1S/C19H28N4O2/c24-18(22-15-5-1-2-6-15)23-11-8-19(9-12-23)13-16(14-25-19)21-17-7-3-4-10-20-17/h3-4,7,10,15-16H,1-2,5-6,8-9,11-14H2,(H,20,21)(H,22,24)/t16-/m0/s1. The molecule has 136 valence electrons. The number of amides is 2. The maximum Gasteiger partial charge on any atom is 0.317 e. The third-order valence-corrected chi connectivity index (χ3v) is 5.87. The zero-order valence-corrected chi connectivity index (χ0v) is 14.7. The maximum atomic E-state index is 12.4. The Kier molecular flexibility index (Phi) is 4.79. The smallest absolute Gasteiger partial charge is 0.317 e. The highest BCUT2D eigenvalue weighted by Gasteiger charge is 2.43. The summed E-state index contributed by atoms with van der Waals surface area (Å²) in [5.74, 6) is 0.904. The number of carbonyl (C=O) groups excluding carboxylic acids is 1. The quantitative estimate of drug-likeness (QED) is 0.885. The summed E-state index contributed by atoms with van der Waals surface area (Å²) in [5, 5.41) is 6.66. The third-order valence-electron chi connectivity index (χ3n) is 5.87. The van der Waals surface area contributed by atoms with Crippen molar-refractivity contribution in [3.8, 4) is 0 Å². The number of anilines is 1. The van der Waals surface area contributed by atoms with Crippen LogP contribution in [0.5, 0.6) is 0 Å². The van der Waals surface area contributed by atoms with E-state index >= 15 is 0 Å². The minimum absolute atomic E-state index is 0.0728. The Hall–Kier alpha value is -1.82. The Morgan fingerprint density at radius 3 is 2.72 bits per heavy atom. The summed E-state index contributed by atoms with van der Waals surface area (Å²) in [5.41, 5.74) is -0.0728. The van der Waals surface area contributed by atoms with E-state index in [1.807, 2.05) is 23.1 Å². The van der Waals surface area contributed by atoms with Gasteiger partial charge in [0.15, 0.2) is 0 Å². The van der Waals surface area contributed by atoms with Gasteiger partial charge < -0.3 is 20.3 Å². The van der Waals surface area contributed by atoms with Gasteiger partial charge >= 0.3 is 6.03 Å². The minimum Gasteiger partial charge on any atom is -0.373 e. The van der Waals surface area contributed by atoms with Crippen LogP contribution in [0.1, 0.15) is 44.9 Å². The summed E-state index contributed by atoms with van der Waals surface area (Å²) in [6.45, 7) is 2.29. The molecule has 1 aliphatic carbocycles. The molecule has 6 nitrogen and oxygen atoms in total. The first kappa shape index (κ1) is 16.6. The Balaban J connectivity index is 1.26. The van der Waals surface area contributed by atoms with Crippen LogP contribution in [0.4, 0.5) is 10.6 Å². The van der Waals surface area contributed by atoms with Crippen LogP contribution in [-0.2, 0) is 4.74 Å². The van der Waals surface area contributed by atoms with Gasteiger partial charge in [-0.3, -0.25) is 0 Å². The molecule has 0 aromatic carbocycles. The summed E-state index contributed by atoms with van der Waals surface area (Å²) < 4.78 is 6.18. The number of nitrogens with one attached hydrogen (secondary N) is 2. The lowest BCUT2D eigenvalue weighted by molar-refractivity contribution is -0.0363. The summed E-state index contributed by atoms with van der Waals surface area (Å²) in [4.78, 5) is 18.7. The van der Waals surface area contributed by atoms with Crippen molar-refractivity contribution in [1.82, 2.24) is 15.2 Å². The van der Waals surface area contributed by atoms with Gasteiger partial charge in [-0.15, -0.1) is 0 Å². The van der Waals surface area contributed by atoms with E-state index in [1.54, 1.807) is 6.20 Å². The number of hydrogen-bond donors (Lipinski definition) is 2. The molecule has 2 N–H and O–H groups in total. The van der Waals surface area contributed by atoms with Crippen molar-refractivity contribution in [3.63, 3.8) is 0 Å². The summed E-state index contributed by atoms with van der Waals surface area (Å²) in [6.07, 6.45) is 9.38. The molecule has 1 saturated carbocycles. The van der Waals surface area contributed by atoms with Gasteiger partial charge in [0.2, 0.25) is 0 Å². The van der Waals surface area contributed by atoms with E-state index in [9.17, 15) is 4.79 Å². The predicted molar refractivity (Wildman–Crippen MR) is 96.5 cm³/mol. The van der Waals surface area contributed by atoms with Crippen LogP contribution in [-0.4, -0.2) is 53.3 Å². The Morgan fingerprint density at radius 2 is 2.00 bits per heavy atom. The molecule has 0 unspecified atom stereocenters. The van der Waals surface area contributed by atoms with E-state index in [1.165, 1.54) is 12.8 Å². The number of hydrogen-bond acceptors (Lipinski definition) is 4. The van der Waals surface area contributed by atoms with E-state index in [2.05, 4.69) is 15.6 Å². The molecule has 6 heteroatoms. The molecule has 2 saturated heterocycles. The second-order valence-electron chi connectivity index (χ2n) is 7.67. The first-order chi connectivity index (χ1) is 12.2. The number of likely N-dealkylation sites (tertiary alicyclic amines) is 1. The van der Waals surface area contributed by atoms with E-state index < -0.39 is 0 Å². The molecule has 1 spiro atoms. The SMILES string of the molecule is O=C(NC1CCCC1)N1CCC2(CC1)C[C@H](Nc1ccccn1)CO2. The summed E-state index contributed by atoms with van der Waals surface area (Å²) >= 11 is 0. The molecule has 4 rings (SSSR count). The largest absolute Gasteiger partial charge is 0.373 e. The van der Waals surface area contributed by atoms with Crippen molar-refractivity contribution in [2.24, 2.45) is 0 Å². The van der Waals surface area contributed by atoms with Crippen LogP contribution in [0.15, 0.2) is 24.4 Å². The molecular weight excluding hydrogens is 316 g/mol. The molecule has 0 radical (unpaired) electrons. The van der Waals surface area contributed by atoms with Crippen LogP contribution in [0.25, 0.3) is 0 Å². The van der Waals surface area contributed by atoms with Crippen LogP contribution in [0.3, 0.4) is 0 Å². The minimum atomic E-state index is -0.0728. The number of urea groups is 1. The number of pyridine rings is 1. The fourth-order valence-corrected chi connectivity index (χ4v) is 4.40. The summed E-state index contributed by atoms with van der Waals surface area (Å²) in [6, 6.07) is 6.70. The number of rotatable bonds is 3. The molecule has 3 aliphatic rings. The molecule has 1 atom stereocenters. The Labute approximate surface area is 149 Å². The van der Waals surface area contributed by atoms with Crippen LogP contribution >= 0.6 is 0 Å². The predicted octanol–water partition coefficient (Wildman–Crippen LogP) is 2.77. The zero-order valence-electron chi connectivity index (χ0n) is 14.7. The molecule has 2 aliphatic heterocycles. The lowest BCUT2D eigenvalue weighted by Crippen LogP contribution is -2.51. The average molecular weight is 344 g/mol. The van der Waals surface area contributed by atoms with Gasteiger partial charge in [0.05, 0.1) is 18.2 Å². The third kappa shape index (κ3) is 3.89. The molecule has 3 heterocycles. The lowest BCUT2D eigenvalue weighted by Gasteiger charge is -2.39. The van der Waals surface area contributed by atoms with Gasteiger partial charge in [0.25, 0.3) is 0 Å². The maximum absolute atomic E-state index is 12.4. The molecule has 1 aromatic rings. The molecular formula is C19H28N4O2. The van der Waals surface area contributed by atoms with Crippen LogP contribution < -0.4 is 10.6 Å². The number of ether oxygens (including phenoxy) is 1. The normalized spacial score (nSPS) is 26.1. The highest BCUT2D eigenvalue weighted by molar-refractivity contribution is 5.74. The van der Waals surface area contributed by atoms with Crippen molar-refractivity contribution in [3.05, 3.63) is 24.4 Å². The highest BCUT2D eigenvalue weighted by atomic mass is 16.5. The molecule has 3 fully saturated rings. The fourth-order valence-electron chi connectivity index (χ4n) is 4.40. The second kappa shape index (κ2) is 7.20. The number of carbonyl (C=O) groups is 1. The van der Waals surface area contributed by atoms with Gasteiger partial charge in [0, 0.05) is 25.3 Å². The topological polar surface area (TPSA) is 66.5 Å². The number of nitrogens with zero attached hydrogens (tertiary/aromatic N) is 2. The van der Waals surface area contributed by atoms with Crippen molar-refractivity contribution in [2.75, 3.05) is 25.0 Å². The van der Waals surface area contributed by atoms with Gasteiger partial charge in [-0.05, 0) is 44.2 Å². The monoisotopic (exact) mass is 344 g/mol. The van der Waals surface area contributed by atoms with Crippen LogP contribution in [0.2, 0.25) is 0 Å². The van der Waals surface area contributed by atoms with Gasteiger partial charge in [-0.25, -0.2) is 9.78 Å². The molecule has 25 heavy (non-hydrogen) atoms. The zero-order chi connectivity index (χ0) is 17.1. The second-order valence-corrected chi connectivity index (χ2v) is 7.67. The summed E-state index contributed by atoms with van der Waals surface area (Å²) in [7, 11) is 0. The molecule has 1 aromatic heterocycles. The van der Waals surface area contributed by atoms with Crippen LogP contribution in [0, 0.1) is 0 Å². The van der Waals surface area contributed by atoms with Crippen molar-refractivity contribution >= 4 is 11.8 Å². The first-order valence-electron chi connectivity index (χ1n) is 9.59.